The smallest absolute Gasteiger partial charge is 0.246 e. The van der Waals surface area contributed by atoms with E-state index in [1.807, 2.05) is 0 Å². The monoisotopic (exact) mass is 318 g/mol. The summed E-state index contributed by atoms with van der Waals surface area (Å²) in [5.74, 6) is -1.93. The van der Waals surface area contributed by atoms with Crippen LogP contribution in [0.2, 0.25) is 0 Å². The molecule has 1 aromatic rings. The topological polar surface area (TPSA) is 57.7 Å². The Morgan fingerprint density at radius 2 is 1.86 bits per heavy atom. The quantitative estimate of drug-likeness (QED) is 0.823. The van der Waals surface area contributed by atoms with Gasteiger partial charge in [-0.1, -0.05) is 0 Å². The number of nitrogens with zero attached hydrogens (tertiary/aromatic N) is 2. The molecule has 1 heterocycles. The molecule has 1 saturated heterocycles. The molecule has 0 radical (unpaired) electrons. The second-order valence-corrected chi connectivity index (χ2v) is 6.74. The second kappa shape index (κ2) is 6.07. The van der Waals surface area contributed by atoms with Crippen LogP contribution in [-0.2, 0) is 14.8 Å². The van der Waals surface area contributed by atoms with Crippen molar-refractivity contribution in [1.82, 2.24) is 9.21 Å². The van der Waals surface area contributed by atoms with Crippen molar-refractivity contribution in [3.8, 4) is 0 Å². The number of hydrogen-bond donors (Lipinski definition) is 0. The Morgan fingerprint density at radius 1 is 1.14 bits per heavy atom. The molecule has 1 aliphatic heterocycles. The minimum atomic E-state index is -4.11. The Labute approximate surface area is 122 Å². The van der Waals surface area contributed by atoms with Crippen LogP contribution in [0.3, 0.4) is 0 Å². The molecule has 21 heavy (non-hydrogen) atoms. The number of rotatable bonds is 2. The molecule has 2 rings (SSSR count). The maximum atomic E-state index is 13.7. The molecule has 0 atom stereocenters. The molecule has 0 spiro atoms. The molecule has 1 amide bonds. The van der Waals surface area contributed by atoms with Gasteiger partial charge in [0.15, 0.2) is 0 Å². The van der Waals surface area contributed by atoms with Crippen LogP contribution in [0.1, 0.15) is 13.3 Å². The summed E-state index contributed by atoms with van der Waals surface area (Å²) in [7, 11) is -4.11. The first-order valence-corrected chi connectivity index (χ1v) is 7.97. The number of halogens is 2. The van der Waals surface area contributed by atoms with Crippen LogP contribution in [0.4, 0.5) is 8.78 Å². The maximum Gasteiger partial charge on any atom is 0.246 e. The van der Waals surface area contributed by atoms with Crippen LogP contribution in [-0.4, -0.2) is 49.7 Å². The molecule has 1 fully saturated rings. The average Bonchev–Trinajstić information content (AvgIpc) is 2.67. The fourth-order valence-electron chi connectivity index (χ4n) is 2.26. The van der Waals surface area contributed by atoms with Crippen molar-refractivity contribution < 1.29 is 22.0 Å². The first-order valence-electron chi connectivity index (χ1n) is 6.53. The molecule has 0 aromatic heterocycles. The van der Waals surface area contributed by atoms with Crippen molar-refractivity contribution >= 4 is 15.9 Å². The standard InChI is InChI=1S/C13H16F2N2O3S/c1-10(18)16-5-2-6-17(8-7-16)21(19,20)13-9-11(14)3-4-12(13)15/h3-4,9H,2,5-8H2,1H3. The normalized spacial score (nSPS) is 17.6. The Bertz CT molecular complexity index is 649. The number of benzene rings is 1. The molecule has 1 aromatic carbocycles. The van der Waals surface area contributed by atoms with E-state index in [1.54, 1.807) is 0 Å². The summed E-state index contributed by atoms with van der Waals surface area (Å²) in [4.78, 5) is 12.2. The van der Waals surface area contributed by atoms with Gasteiger partial charge >= 0.3 is 0 Å². The minimum absolute atomic E-state index is 0.0673. The van der Waals surface area contributed by atoms with Gasteiger partial charge in [-0.15, -0.1) is 0 Å². The van der Waals surface area contributed by atoms with E-state index in [9.17, 15) is 22.0 Å². The molecular formula is C13H16F2N2O3S. The van der Waals surface area contributed by atoms with Gasteiger partial charge in [0.25, 0.3) is 0 Å². The van der Waals surface area contributed by atoms with E-state index in [4.69, 9.17) is 0 Å². The van der Waals surface area contributed by atoms with Gasteiger partial charge in [0.2, 0.25) is 15.9 Å². The summed E-state index contributed by atoms with van der Waals surface area (Å²) in [6.07, 6.45) is 0.454. The number of carbonyl (C=O) groups excluding carboxylic acids is 1. The molecule has 0 bridgehead atoms. The van der Waals surface area contributed by atoms with Crippen molar-refractivity contribution in [3.05, 3.63) is 29.8 Å². The zero-order valence-corrected chi connectivity index (χ0v) is 12.4. The van der Waals surface area contributed by atoms with Gasteiger partial charge in [-0.2, -0.15) is 4.31 Å². The summed E-state index contributed by atoms with van der Waals surface area (Å²) < 4.78 is 52.8. The third-order valence-electron chi connectivity index (χ3n) is 3.41. The second-order valence-electron chi connectivity index (χ2n) is 4.84. The van der Waals surface area contributed by atoms with Gasteiger partial charge in [0.05, 0.1) is 0 Å². The molecule has 0 unspecified atom stereocenters. The fourth-order valence-corrected chi connectivity index (χ4v) is 3.81. The first-order chi connectivity index (χ1) is 9.82. The highest BCUT2D eigenvalue weighted by Gasteiger charge is 2.30. The largest absolute Gasteiger partial charge is 0.342 e. The van der Waals surface area contributed by atoms with Crippen LogP contribution in [0.25, 0.3) is 0 Å². The van der Waals surface area contributed by atoms with Crippen LogP contribution < -0.4 is 0 Å². The van der Waals surface area contributed by atoms with Gasteiger partial charge < -0.3 is 4.90 Å². The first kappa shape index (κ1) is 15.8. The summed E-state index contributed by atoms with van der Waals surface area (Å²) in [6.45, 7) is 2.34. The Hall–Kier alpha value is -1.54. The lowest BCUT2D eigenvalue weighted by Crippen LogP contribution is -2.36. The van der Waals surface area contributed by atoms with E-state index < -0.39 is 26.6 Å². The lowest BCUT2D eigenvalue weighted by Gasteiger charge is -2.21. The predicted molar refractivity (Wildman–Crippen MR) is 72.0 cm³/mol. The van der Waals surface area contributed by atoms with E-state index in [2.05, 4.69) is 0 Å². The minimum Gasteiger partial charge on any atom is -0.342 e. The van der Waals surface area contributed by atoms with E-state index in [0.717, 1.165) is 16.4 Å². The van der Waals surface area contributed by atoms with Crippen LogP contribution >= 0.6 is 0 Å². The lowest BCUT2D eigenvalue weighted by atomic mass is 10.3. The van der Waals surface area contributed by atoms with Crippen LogP contribution in [0.15, 0.2) is 23.1 Å². The Balaban J connectivity index is 2.27. The molecule has 0 N–H and O–H groups in total. The molecule has 1 aliphatic rings. The summed E-state index contributed by atoms with van der Waals surface area (Å²) >= 11 is 0. The third-order valence-corrected chi connectivity index (χ3v) is 5.32. The number of hydrogen-bond acceptors (Lipinski definition) is 3. The van der Waals surface area contributed by atoms with Crippen LogP contribution in [0.5, 0.6) is 0 Å². The highest BCUT2D eigenvalue weighted by molar-refractivity contribution is 7.89. The number of sulfonamides is 1. The van der Waals surface area contributed by atoms with Crippen molar-refractivity contribution in [3.63, 3.8) is 0 Å². The average molecular weight is 318 g/mol. The van der Waals surface area contributed by atoms with Crippen molar-refractivity contribution in [2.24, 2.45) is 0 Å². The van der Waals surface area contributed by atoms with Crippen LogP contribution in [0, 0.1) is 11.6 Å². The molecule has 5 nitrogen and oxygen atoms in total. The van der Waals surface area contributed by atoms with Crippen molar-refractivity contribution in [1.29, 1.82) is 0 Å². The molecule has 8 heteroatoms. The van der Waals surface area contributed by atoms with Crippen molar-refractivity contribution in [2.45, 2.75) is 18.2 Å². The van der Waals surface area contributed by atoms with Gasteiger partial charge in [-0.25, -0.2) is 17.2 Å². The highest BCUT2D eigenvalue weighted by atomic mass is 32.2. The maximum absolute atomic E-state index is 13.7. The molecule has 0 saturated carbocycles. The molecule has 116 valence electrons. The van der Waals surface area contributed by atoms with E-state index >= 15 is 0 Å². The fraction of sp³-hybridized carbons (Fsp3) is 0.462. The Kier molecular flexibility index (Phi) is 4.58. The zero-order valence-electron chi connectivity index (χ0n) is 11.6. The molecule has 0 aliphatic carbocycles. The zero-order chi connectivity index (χ0) is 15.6. The summed E-state index contributed by atoms with van der Waals surface area (Å²) in [5, 5.41) is 0. The molecular weight excluding hydrogens is 302 g/mol. The summed E-state index contributed by atoms with van der Waals surface area (Å²) in [6, 6.07) is 2.34. The van der Waals surface area contributed by atoms with Gasteiger partial charge in [0, 0.05) is 33.1 Å². The van der Waals surface area contributed by atoms with Crippen molar-refractivity contribution in [2.75, 3.05) is 26.2 Å². The predicted octanol–water partition coefficient (Wildman–Crippen LogP) is 1.21. The van der Waals surface area contributed by atoms with E-state index in [0.29, 0.717) is 19.0 Å². The number of amides is 1. The number of carbonyl (C=O) groups is 1. The van der Waals surface area contributed by atoms with Gasteiger partial charge in [0.1, 0.15) is 16.5 Å². The van der Waals surface area contributed by atoms with E-state index in [-0.39, 0.29) is 25.5 Å². The highest BCUT2D eigenvalue weighted by Crippen LogP contribution is 2.21. The SMILES string of the molecule is CC(=O)N1CCCN(S(=O)(=O)c2cc(F)ccc2F)CC1. The van der Waals surface area contributed by atoms with E-state index in [1.165, 1.54) is 11.8 Å². The third kappa shape index (κ3) is 3.38. The summed E-state index contributed by atoms with van der Waals surface area (Å²) in [5.41, 5.74) is 0. The van der Waals surface area contributed by atoms with Gasteiger partial charge in [-0.05, 0) is 24.6 Å². The van der Waals surface area contributed by atoms with Gasteiger partial charge in [-0.3, -0.25) is 4.79 Å². The Morgan fingerprint density at radius 3 is 2.52 bits per heavy atom. The lowest BCUT2D eigenvalue weighted by molar-refractivity contribution is -0.128.